The van der Waals surface area contributed by atoms with E-state index in [-0.39, 0.29) is 16.8 Å². The van der Waals surface area contributed by atoms with Gasteiger partial charge in [0.15, 0.2) is 0 Å². The fourth-order valence-corrected chi connectivity index (χ4v) is 2.68. The number of carbonyl (C=O) groups is 1. The van der Waals surface area contributed by atoms with Crippen molar-refractivity contribution in [2.24, 2.45) is 0 Å². The van der Waals surface area contributed by atoms with Gasteiger partial charge < -0.3 is 4.42 Å². The summed E-state index contributed by atoms with van der Waals surface area (Å²) in [5.74, 6) is -0.0145. The zero-order chi connectivity index (χ0) is 15.9. The number of carbonyl (C=O) groups excluding carboxylic acids is 1. The Morgan fingerprint density at radius 1 is 1.09 bits per heavy atom. The number of hydrogen-bond acceptors (Lipinski definition) is 3. The minimum absolute atomic E-state index is 0.0593. The van der Waals surface area contributed by atoms with Gasteiger partial charge in [0.25, 0.3) is 0 Å². The number of fused-ring (bicyclic) bond motifs is 1. The van der Waals surface area contributed by atoms with Crippen LogP contribution < -0.4 is 5.43 Å². The molecule has 0 bridgehead atoms. The SMILES string of the molecule is Cc1ccccc1C(=O)c1c(C)oc2ccc(Cl)cc2c1=O. The second kappa shape index (κ2) is 5.43. The lowest BCUT2D eigenvalue weighted by molar-refractivity contribution is 0.103. The standard InChI is InChI=1S/C18H13ClO3/c1-10-5-3-4-6-13(10)17(20)16-11(2)22-15-8-7-12(19)9-14(15)18(16)21/h3-9H,1-2H3. The molecule has 110 valence electrons. The first kappa shape index (κ1) is 14.5. The normalized spacial score (nSPS) is 10.9. The molecule has 0 unspecified atom stereocenters. The predicted molar refractivity (Wildman–Crippen MR) is 86.8 cm³/mol. The second-order valence-corrected chi connectivity index (χ2v) is 5.58. The molecule has 3 nitrogen and oxygen atoms in total. The summed E-state index contributed by atoms with van der Waals surface area (Å²) in [5, 5.41) is 0.743. The van der Waals surface area contributed by atoms with Crippen molar-refractivity contribution in [1.82, 2.24) is 0 Å². The van der Waals surface area contributed by atoms with E-state index in [0.717, 1.165) is 5.56 Å². The van der Waals surface area contributed by atoms with Gasteiger partial charge in [-0.25, -0.2) is 0 Å². The zero-order valence-corrected chi connectivity index (χ0v) is 12.9. The molecule has 0 saturated heterocycles. The Balaban J connectivity index is 2.29. The third-order valence-electron chi connectivity index (χ3n) is 3.65. The highest BCUT2D eigenvalue weighted by molar-refractivity contribution is 6.31. The van der Waals surface area contributed by atoms with E-state index in [1.54, 1.807) is 31.2 Å². The molecule has 0 spiro atoms. The van der Waals surface area contributed by atoms with E-state index < -0.39 is 0 Å². The predicted octanol–water partition coefficient (Wildman–Crippen LogP) is 4.29. The van der Waals surface area contributed by atoms with Crippen molar-refractivity contribution in [2.75, 3.05) is 0 Å². The minimum atomic E-state index is -0.352. The molecule has 22 heavy (non-hydrogen) atoms. The second-order valence-electron chi connectivity index (χ2n) is 5.15. The topological polar surface area (TPSA) is 47.3 Å². The lowest BCUT2D eigenvalue weighted by Gasteiger charge is -2.08. The van der Waals surface area contributed by atoms with Gasteiger partial charge in [-0.2, -0.15) is 0 Å². The number of hydrogen-bond donors (Lipinski definition) is 0. The monoisotopic (exact) mass is 312 g/mol. The van der Waals surface area contributed by atoms with Crippen molar-refractivity contribution in [2.45, 2.75) is 13.8 Å². The summed E-state index contributed by atoms with van der Waals surface area (Å²) in [6.45, 7) is 3.46. The molecule has 0 atom stereocenters. The Kier molecular flexibility index (Phi) is 3.59. The fraction of sp³-hybridized carbons (Fsp3) is 0.111. The van der Waals surface area contributed by atoms with Gasteiger partial charge in [-0.3, -0.25) is 9.59 Å². The maximum absolute atomic E-state index is 12.7. The first-order chi connectivity index (χ1) is 10.5. The van der Waals surface area contributed by atoms with Crippen LogP contribution in [0.3, 0.4) is 0 Å². The van der Waals surface area contributed by atoms with Gasteiger partial charge in [0, 0.05) is 10.6 Å². The van der Waals surface area contributed by atoms with E-state index in [0.29, 0.717) is 27.3 Å². The van der Waals surface area contributed by atoms with E-state index in [1.165, 1.54) is 6.07 Å². The van der Waals surface area contributed by atoms with Crippen LogP contribution in [0.2, 0.25) is 5.02 Å². The molecule has 0 N–H and O–H groups in total. The third kappa shape index (κ3) is 2.34. The van der Waals surface area contributed by atoms with Crippen LogP contribution in [0.25, 0.3) is 11.0 Å². The Labute approximate surface area is 132 Å². The van der Waals surface area contributed by atoms with Crippen LogP contribution in [0.4, 0.5) is 0 Å². The molecule has 0 amide bonds. The molecular formula is C18H13ClO3. The molecular weight excluding hydrogens is 300 g/mol. The zero-order valence-electron chi connectivity index (χ0n) is 12.1. The van der Waals surface area contributed by atoms with Crippen LogP contribution in [-0.2, 0) is 0 Å². The van der Waals surface area contributed by atoms with Gasteiger partial charge in [0.1, 0.15) is 16.9 Å². The van der Waals surface area contributed by atoms with E-state index in [9.17, 15) is 9.59 Å². The fourth-order valence-electron chi connectivity index (χ4n) is 2.50. The number of benzene rings is 2. The summed E-state index contributed by atoms with van der Waals surface area (Å²) in [7, 11) is 0. The summed E-state index contributed by atoms with van der Waals surface area (Å²) in [6, 6.07) is 12.0. The van der Waals surface area contributed by atoms with Crippen LogP contribution >= 0.6 is 11.6 Å². The van der Waals surface area contributed by atoms with Gasteiger partial charge in [-0.15, -0.1) is 0 Å². The van der Waals surface area contributed by atoms with Crippen LogP contribution in [0.5, 0.6) is 0 Å². The molecule has 2 aromatic carbocycles. The Morgan fingerprint density at radius 3 is 2.55 bits per heavy atom. The van der Waals surface area contributed by atoms with Crippen molar-refractivity contribution in [3.63, 3.8) is 0 Å². The van der Waals surface area contributed by atoms with Crippen LogP contribution in [0, 0.1) is 13.8 Å². The van der Waals surface area contributed by atoms with Gasteiger partial charge >= 0.3 is 0 Å². The van der Waals surface area contributed by atoms with Gasteiger partial charge in [-0.1, -0.05) is 35.9 Å². The average Bonchev–Trinajstić information content (AvgIpc) is 2.48. The summed E-state index contributed by atoms with van der Waals surface area (Å²) >= 11 is 5.94. The molecule has 3 aromatic rings. The smallest absolute Gasteiger partial charge is 0.204 e. The highest BCUT2D eigenvalue weighted by atomic mass is 35.5. The Morgan fingerprint density at radius 2 is 1.82 bits per heavy atom. The van der Waals surface area contributed by atoms with Crippen molar-refractivity contribution < 1.29 is 9.21 Å². The summed E-state index contributed by atoms with van der Waals surface area (Å²) in [4.78, 5) is 25.4. The van der Waals surface area contributed by atoms with Crippen molar-refractivity contribution in [3.05, 3.63) is 80.2 Å². The molecule has 0 aliphatic heterocycles. The molecule has 0 aliphatic carbocycles. The average molecular weight is 313 g/mol. The van der Waals surface area contributed by atoms with E-state index in [4.69, 9.17) is 16.0 Å². The summed E-state index contributed by atoms with van der Waals surface area (Å²) in [6.07, 6.45) is 0. The third-order valence-corrected chi connectivity index (χ3v) is 3.88. The highest BCUT2D eigenvalue weighted by Crippen LogP contribution is 2.21. The first-order valence-corrected chi connectivity index (χ1v) is 7.20. The molecule has 0 fully saturated rings. The maximum atomic E-state index is 12.7. The van der Waals surface area contributed by atoms with Crippen molar-refractivity contribution in [1.29, 1.82) is 0 Å². The Bertz CT molecular complexity index is 954. The molecule has 4 heteroatoms. The lowest BCUT2D eigenvalue weighted by atomic mass is 9.97. The van der Waals surface area contributed by atoms with Crippen molar-refractivity contribution >= 4 is 28.4 Å². The molecule has 1 heterocycles. The van der Waals surface area contributed by atoms with Gasteiger partial charge in [-0.05, 0) is 37.6 Å². The highest BCUT2D eigenvalue weighted by Gasteiger charge is 2.21. The number of halogens is 1. The molecule has 1 aromatic heterocycles. The molecule has 3 rings (SSSR count). The lowest BCUT2D eigenvalue weighted by Crippen LogP contribution is -2.18. The van der Waals surface area contributed by atoms with Crippen LogP contribution in [0.1, 0.15) is 27.2 Å². The van der Waals surface area contributed by atoms with E-state index in [1.807, 2.05) is 19.1 Å². The van der Waals surface area contributed by atoms with Gasteiger partial charge in [0.05, 0.1) is 5.39 Å². The van der Waals surface area contributed by atoms with E-state index >= 15 is 0 Å². The maximum Gasteiger partial charge on any atom is 0.204 e. The molecule has 0 radical (unpaired) electrons. The number of aryl methyl sites for hydroxylation is 2. The number of rotatable bonds is 2. The minimum Gasteiger partial charge on any atom is -0.460 e. The quantitative estimate of drug-likeness (QED) is 0.663. The van der Waals surface area contributed by atoms with Gasteiger partial charge in [0.2, 0.25) is 11.2 Å². The largest absolute Gasteiger partial charge is 0.460 e. The van der Waals surface area contributed by atoms with Crippen molar-refractivity contribution in [3.8, 4) is 0 Å². The summed E-state index contributed by atoms with van der Waals surface area (Å²) in [5.41, 5.74) is 1.45. The van der Waals surface area contributed by atoms with E-state index in [2.05, 4.69) is 0 Å². The Hall–Kier alpha value is -2.39. The van der Waals surface area contributed by atoms with Crippen LogP contribution in [-0.4, -0.2) is 5.78 Å². The van der Waals surface area contributed by atoms with Crippen LogP contribution in [0.15, 0.2) is 51.7 Å². The molecule has 0 saturated carbocycles. The first-order valence-electron chi connectivity index (χ1n) is 6.82. The number of ketones is 1. The summed E-state index contributed by atoms with van der Waals surface area (Å²) < 4.78 is 5.63. The molecule has 0 aliphatic rings.